The second-order valence-electron chi connectivity index (χ2n) is 3.67. The number of aromatic nitrogens is 2. The maximum atomic E-state index is 11.8. The molecule has 1 amide bonds. The molecule has 0 saturated carbocycles. The van der Waals surface area contributed by atoms with Crippen LogP contribution in [-0.2, 0) is 14.8 Å². The third-order valence-electron chi connectivity index (χ3n) is 2.17. The molecule has 0 bridgehead atoms. The first-order valence-corrected chi connectivity index (χ1v) is 7.24. The molecule has 0 saturated heterocycles. The lowest BCUT2D eigenvalue weighted by Gasteiger charge is -2.06. The number of carbonyl (C=O) groups excluding carboxylic acids is 1. The lowest BCUT2D eigenvalue weighted by atomic mass is 10.5. The highest BCUT2D eigenvalue weighted by atomic mass is 32.2. The molecule has 106 valence electrons. The zero-order chi connectivity index (χ0) is 14.3. The zero-order valence-electron chi connectivity index (χ0n) is 10.8. The van der Waals surface area contributed by atoms with Gasteiger partial charge in [0.15, 0.2) is 0 Å². The number of hydrogen-bond acceptors (Lipinski definition) is 6. The first-order valence-electron chi connectivity index (χ1n) is 5.75. The van der Waals surface area contributed by atoms with E-state index < -0.39 is 15.9 Å². The SMILES string of the molecule is CCCNc1ncc(S(=O)(=O)NCC(=O)NC)cn1. The van der Waals surface area contributed by atoms with Crippen molar-refractivity contribution in [2.45, 2.75) is 18.2 Å². The van der Waals surface area contributed by atoms with Gasteiger partial charge in [0.05, 0.1) is 18.9 Å². The Morgan fingerprint density at radius 1 is 1.32 bits per heavy atom. The average molecular weight is 287 g/mol. The van der Waals surface area contributed by atoms with Gasteiger partial charge in [-0.15, -0.1) is 0 Å². The van der Waals surface area contributed by atoms with Crippen molar-refractivity contribution in [1.82, 2.24) is 20.0 Å². The van der Waals surface area contributed by atoms with Crippen LogP contribution in [0, 0.1) is 0 Å². The van der Waals surface area contributed by atoms with Gasteiger partial charge in [0.2, 0.25) is 21.9 Å². The lowest BCUT2D eigenvalue weighted by molar-refractivity contribution is -0.119. The average Bonchev–Trinajstić information content (AvgIpc) is 2.43. The molecule has 1 heterocycles. The van der Waals surface area contributed by atoms with Gasteiger partial charge in [-0.05, 0) is 6.42 Å². The van der Waals surface area contributed by atoms with E-state index in [0.717, 1.165) is 6.42 Å². The standard InChI is InChI=1S/C10H17N5O3S/c1-3-4-12-10-13-5-8(6-14-10)19(17,18)15-7-9(16)11-2/h5-6,15H,3-4,7H2,1-2H3,(H,11,16)(H,12,13,14). The van der Waals surface area contributed by atoms with E-state index in [0.29, 0.717) is 12.5 Å². The van der Waals surface area contributed by atoms with E-state index in [1.165, 1.54) is 19.4 Å². The number of nitrogens with one attached hydrogen (secondary N) is 3. The van der Waals surface area contributed by atoms with Crippen LogP contribution < -0.4 is 15.4 Å². The van der Waals surface area contributed by atoms with Crippen molar-refractivity contribution in [2.24, 2.45) is 0 Å². The Labute approximate surface area is 112 Å². The Morgan fingerprint density at radius 3 is 2.47 bits per heavy atom. The van der Waals surface area contributed by atoms with E-state index >= 15 is 0 Å². The summed E-state index contributed by atoms with van der Waals surface area (Å²) >= 11 is 0. The molecule has 0 aliphatic rings. The highest BCUT2D eigenvalue weighted by Gasteiger charge is 2.16. The van der Waals surface area contributed by atoms with Gasteiger partial charge in [0.1, 0.15) is 4.90 Å². The lowest BCUT2D eigenvalue weighted by Crippen LogP contribution is -2.35. The molecular weight excluding hydrogens is 270 g/mol. The van der Waals surface area contributed by atoms with Crippen molar-refractivity contribution < 1.29 is 13.2 Å². The molecule has 0 spiro atoms. The number of likely N-dealkylation sites (N-methyl/N-ethyl adjacent to an activating group) is 1. The van der Waals surface area contributed by atoms with Gasteiger partial charge in [-0.25, -0.2) is 23.1 Å². The van der Waals surface area contributed by atoms with Crippen LogP contribution in [0.5, 0.6) is 0 Å². The molecule has 9 heteroatoms. The van der Waals surface area contributed by atoms with Crippen molar-refractivity contribution in [1.29, 1.82) is 0 Å². The van der Waals surface area contributed by atoms with Crippen molar-refractivity contribution in [3.05, 3.63) is 12.4 Å². The van der Waals surface area contributed by atoms with Crippen LogP contribution in [0.1, 0.15) is 13.3 Å². The van der Waals surface area contributed by atoms with Gasteiger partial charge in [-0.1, -0.05) is 6.92 Å². The fraction of sp³-hybridized carbons (Fsp3) is 0.500. The minimum absolute atomic E-state index is 0.0848. The van der Waals surface area contributed by atoms with E-state index in [-0.39, 0.29) is 11.4 Å². The molecular formula is C10H17N5O3S. The van der Waals surface area contributed by atoms with Gasteiger partial charge in [-0.2, -0.15) is 0 Å². The summed E-state index contributed by atoms with van der Waals surface area (Å²) in [6.45, 7) is 2.38. The van der Waals surface area contributed by atoms with Crippen molar-refractivity contribution in [3.8, 4) is 0 Å². The monoisotopic (exact) mass is 287 g/mol. The molecule has 1 aromatic rings. The molecule has 0 unspecified atom stereocenters. The Balaban J connectivity index is 2.70. The number of sulfonamides is 1. The molecule has 0 aliphatic carbocycles. The van der Waals surface area contributed by atoms with Gasteiger partial charge < -0.3 is 10.6 Å². The van der Waals surface area contributed by atoms with Crippen LogP contribution in [0.2, 0.25) is 0 Å². The minimum Gasteiger partial charge on any atom is -0.358 e. The second kappa shape index (κ2) is 7.00. The summed E-state index contributed by atoms with van der Waals surface area (Å²) in [5.41, 5.74) is 0. The normalized spacial score (nSPS) is 11.1. The minimum atomic E-state index is -3.77. The van der Waals surface area contributed by atoms with Gasteiger partial charge in [-0.3, -0.25) is 4.79 Å². The number of anilines is 1. The summed E-state index contributed by atoms with van der Waals surface area (Å²) < 4.78 is 25.7. The third-order valence-corrected chi connectivity index (χ3v) is 3.53. The third kappa shape index (κ3) is 4.79. The number of nitrogens with zero attached hydrogens (tertiary/aromatic N) is 2. The predicted molar refractivity (Wildman–Crippen MR) is 70.1 cm³/mol. The fourth-order valence-electron chi connectivity index (χ4n) is 1.12. The summed E-state index contributed by atoms with van der Waals surface area (Å²) in [5, 5.41) is 5.24. The van der Waals surface area contributed by atoms with E-state index in [1.807, 2.05) is 6.92 Å². The van der Waals surface area contributed by atoms with Crippen molar-refractivity contribution in [3.63, 3.8) is 0 Å². The van der Waals surface area contributed by atoms with Crippen LogP contribution in [0.25, 0.3) is 0 Å². The highest BCUT2D eigenvalue weighted by Crippen LogP contribution is 2.06. The summed E-state index contributed by atoms with van der Waals surface area (Å²) in [6.07, 6.45) is 3.30. The Morgan fingerprint density at radius 2 is 1.95 bits per heavy atom. The summed E-state index contributed by atoms with van der Waals surface area (Å²) in [4.78, 5) is 18.7. The second-order valence-corrected chi connectivity index (χ2v) is 5.43. The largest absolute Gasteiger partial charge is 0.358 e. The zero-order valence-corrected chi connectivity index (χ0v) is 11.6. The van der Waals surface area contributed by atoms with Gasteiger partial charge in [0.25, 0.3) is 0 Å². The van der Waals surface area contributed by atoms with Crippen LogP contribution in [0.4, 0.5) is 5.95 Å². The molecule has 0 radical (unpaired) electrons. The number of rotatable bonds is 7. The van der Waals surface area contributed by atoms with Crippen LogP contribution in [0.3, 0.4) is 0 Å². The number of amides is 1. The summed E-state index contributed by atoms with van der Waals surface area (Å²) in [5.74, 6) is -0.0576. The van der Waals surface area contributed by atoms with Crippen molar-refractivity contribution >= 4 is 21.9 Å². The number of hydrogen-bond donors (Lipinski definition) is 3. The Kier molecular flexibility index (Phi) is 5.64. The molecule has 0 aromatic carbocycles. The quantitative estimate of drug-likeness (QED) is 0.612. The molecule has 1 aromatic heterocycles. The number of carbonyl (C=O) groups is 1. The van der Waals surface area contributed by atoms with E-state index in [1.54, 1.807) is 0 Å². The van der Waals surface area contributed by atoms with Gasteiger partial charge >= 0.3 is 0 Å². The molecule has 1 rings (SSSR count). The predicted octanol–water partition coefficient (Wildman–Crippen LogP) is -0.677. The highest BCUT2D eigenvalue weighted by molar-refractivity contribution is 7.89. The molecule has 0 atom stereocenters. The van der Waals surface area contributed by atoms with E-state index in [9.17, 15) is 13.2 Å². The van der Waals surface area contributed by atoms with E-state index in [2.05, 4.69) is 25.3 Å². The van der Waals surface area contributed by atoms with Gasteiger partial charge in [0, 0.05) is 13.6 Å². The molecule has 0 fully saturated rings. The van der Waals surface area contributed by atoms with Crippen LogP contribution >= 0.6 is 0 Å². The molecule has 19 heavy (non-hydrogen) atoms. The summed E-state index contributed by atoms with van der Waals surface area (Å²) in [7, 11) is -2.34. The first-order chi connectivity index (χ1) is 8.99. The summed E-state index contributed by atoms with van der Waals surface area (Å²) in [6, 6.07) is 0. The molecule has 0 aliphatic heterocycles. The maximum absolute atomic E-state index is 11.8. The molecule has 3 N–H and O–H groups in total. The van der Waals surface area contributed by atoms with Crippen molar-refractivity contribution in [2.75, 3.05) is 25.5 Å². The first kappa shape index (κ1) is 15.3. The smallest absolute Gasteiger partial charge is 0.244 e. The fourth-order valence-corrected chi connectivity index (χ4v) is 1.99. The Hall–Kier alpha value is -1.74. The molecule has 8 nitrogen and oxygen atoms in total. The Bertz CT molecular complexity index is 514. The van der Waals surface area contributed by atoms with Crippen LogP contribution in [-0.4, -0.2) is 44.4 Å². The topological polar surface area (TPSA) is 113 Å². The van der Waals surface area contributed by atoms with Crippen LogP contribution in [0.15, 0.2) is 17.3 Å². The van der Waals surface area contributed by atoms with E-state index in [4.69, 9.17) is 0 Å². The maximum Gasteiger partial charge on any atom is 0.244 e.